The van der Waals surface area contributed by atoms with Crippen molar-refractivity contribution in [3.05, 3.63) is 35.7 Å². The van der Waals surface area contributed by atoms with Crippen LogP contribution in [0.15, 0.2) is 24.4 Å². The van der Waals surface area contributed by atoms with Gasteiger partial charge in [-0.2, -0.15) is 0 Å². The molecule has 2 rings (SSSR count). The summed E-state index contributed by atoms with van der Waals surface area (Å²) in [6.45, 7) is 0. The molecule has 0 aliphatic heterocycles. The Morgan fingerprint density at radius 1 is 1.43 bits per heavy atom. The lowest BCUT2D eigenvalue weighted by atomic mass is 10.2. The Morgan fingerprint density at radius 3 is 2.81 bits per heavy atom. The summed E-state index contributed by atoms with van der Waals surface area (Å²) in [6.07, 6.45) is 6.82. The average Bonchev–Trinajstić information content (AvgIpc) is 2.93. The molecule has 1 aromatic rings. The van der Waals surface area contributed by atoms with Gasteiger partial charge in [0.1, 0.15) is 5.69 Å². The van der Waals surface area contributed by atoms with Gasteiger partial charge in [0.25, 0.3) is 5.91 Å². The number of nitrogens with one attached hydrogen (secondary N) is 1. The Bertz CT molecular complexity index is 539. The van der Waals surface area contributed by atoms with Crippen molar-refractivity contribution in [3.63, 3.8) is 0 Å². The number of hydrogen-bond donors (Lipinski definition) is 2. The number of aliphatic carboxylic acids is 1. The molecule has 2 atom stereocenters. The van der Waals surface area contributed by atoms with Crippen LogP contribution in [0.2, 0.25) is 0 Å². The van der Waals surface area contributed by atoms with Crippen molar-refractivity contribution >= 4 is 18.0 Å². The summed E-state index contributed by atoms with van der Waals surface area (Å²) in [4.78, 5) is 26.5. The number of aromatic nitrogens is 1. The third-order valence-electron chi connectivity index (χ3n) is 3.49. The molecule has 1 aliphatic rings. The van der Waals surface area contributed by atoms with Gasteiger partial charge in [-0.3, -0.25) is 9.78 Å². The molecule has 0 saturated heterocycles. The van der Waals surface area contributed by atoms with Gasteiger partial charge >= 0.3 is 5.97 Å². The molecule has 2 unspecified atom stereocenters. The minimum Gasteiger partial charge on any atom is -0.478 e. The maximum atomic E-state index is 12.0. The SMILES string of the molecule is COC1CCC(NC(=O)c2ccc(/C=C/C(=O)O)cn2)C1. The normalized spacial score (nSPS) is 21.6. The van der Waals surface area contributed by atoms with E-state index < -0.39 is 5.97 Å². The number of pyridine rings is 1. The summed E-state index contributed by atoms with van der Waals surface area (Å²) in [5.41, 5.74) is 0.956. The summed E-state index contributed by atoms with van der Waals surface area (Å²) in [7, 11) is 1.68. The number of nitrogens with zero attached hydrogens (tertiary/aromatic N) is 1. The lowest BCUT2D eigenvalue weighted by molar-refractivity contribution is -0.131. The lowest BCUT2D eigenvalue weighted by Gasteiger charge is -2.12. The molecule has 0 bridgehead atoms. The minimum atomic E-state index is -1.02. The number of carboxylic acid groups (broad SMARTS) is 1. The van der Waals surface area contributed by atoms with Crippen LogP contribution in [-0.4, -0.2) is 41.2 Å². The summed E-state index contributed by atoms with van der Waals surface area (Å²) >= 11 is 0. The molecule has 1 heterocycles. The van der Waals surface area contributed by atoms with Crippen molar-refractivity contribution in [2.75, 3.05) is 7.11 Å². The first-order chi connectivity index (χ1) is 10.1. The van der Waals surface area contributed by atoms with E-state index in [1.54, 1.807) is 19.2 Å². The van der Waals surface area contributed by atoms with E-state index in [9.17, 15) is 9.59 Å². The minimum absolute atomic E-state index is 0.121. The molecule has 2 N–H and O–H groups in total. The van der Waals surface area contributed by atoms with Gasteiger partial charge in [0.15, 0.2) is 0 Å². The van der Waals surface area contributed by atoms with E-state index >= 15 is 0 Å². The standard InChI is InChI=1S/C15H18N2O4/c1-21-12-5-4-11(8-12)17-15(20)13-6-2-10(9-16-13)3-7-14(18)19/h2-3,6-7,9,11-12H,4-5,8H2,1H3,(H,17,20)(H,18,19)/b7-3+. The number of hydrogen-bond acceptors (Lipinski definition) is 4. The molecule has 1 aromatic heterocycles. The topological polar surface area (TPSA) is 88.5 Å². The number of carbonyl (C=O) groups excluding carboxylic acids is 1. The second-order valence-corrected chi connectivity index (χ2v) is 4.99. The lowest BCUT2D eigenvalue weighted by Crippen LogP contribution is -2.33. The van der Waals surface area contributed by atoms with Crippen LogP contribution < -0.4 is 5.32 Å². The van der Waals surface area contributed by atoms with Gasteiger partial charge in [0.2, 0.25) is 0 Å². The number of ether oxygens (including phenoxy) is 1. The molecule has 0 aromatic carbocycles. The molecule has 0 spiro atoms. The van der Waals surface area contributed by atoms with Gasteiger partial charge in [-0.1, -0.05) is 6.07 Å². The highest BCUT2D eigenvalue weighted by Gasteiger charge is 2.26. The summed E-state index contributed by atoms with van der Waals surface area (Å²) in [5.74, 6) is -1.24. The van der Waals surface area contributed by atoms with E-state index in [2.05, 4.69) is 10.3 Å². The van der Waals surface area contributed by atoms with Gasteiger partial charge in [0, 0.05) is 25.4 Å². The number of methoxy groups -OCH3 is 1. The van der Waals surface area contributed by atoms with Crippen LogP contribution in [-0.2, 0) is 9.53 Å². The molecule has 6 nitrogen and oxygen atoms in total. The second-order valence-electron chi connectivity index (χ2n) is 4.99. The molecule has 21 heavy (non-hydrogen) atoms. The molecule has 1 amide bonds. The van der Waals surface area contributed by atoms with E-state index in [1.165, 1.54) is 12.3 Å². The van der Waals surface area contributed by atoms with Crippen molar-refractivity contribution in [2.45, 2.75) is 31.4 Å². The Labute approximate surface area is 122 Å². The first-order valence-corrected chi connectivity index (χ1v) is 6.79. The molecule has 1 saturated carbocycles. The first kappa shape index (κ1) is 15.2. The number of carbonyl (C=O) groups is 2. The van der Waals surface area contributed by atoms with Crippen molar-refractivity contribution in [1.82, 2.24) is 10.3 Å². The summed E-state index contributed by atoms with van der Waals surface area (Å²) < 4.78 is 5.27. The molecular formula is C15H18N2O4. The van der Waals surface area contributed by atoms with Crippen LogP contribution in [0, 0.1) is 0 Å². The predicted molar refractivity (Wildman–Crippen MR) is 76.8 cm³/mol. The maximum Gasteiger partial charge on any atom is 0.328 e. The highest BCUT2D eigenvalue weighted by Crippen LogP contribution is 2.21. The van der Waals surface area contributed by atoms with E-state index in [0.29, 0.717) is 11.3 Å². The number of carboxylic acids is 1. The van der Waals surface area contributed by atoms with Crippen LogP contribution in [0.4, 0.5) is 0 Å². The molecule has 1 fully saturated rings. The van der Waals surface area contributed by atoms with Gasteiger partial charge in [-0.05, 0) is 37.0 Å². The molecule has 112 valence electrons. The molecule has 6 heteroatoms. The molecule has 1 aliphatic carbocycles. The predicted octanol–water partition coefficient (Wildman–Crippen LogP) is 1.48. The van der Waals surface area contributed by atoms with E-state index in [-0.39, 0.29) is 18.1 Å². The van der Waals surface area contributed by atoms with Crippen molar-refractivity contribution < 1.29 is 19.4 Å². The Hall–Kier alpha value is -2.21. The average molecular weight is 290 g/mol. The smallest absolute Gasteiger partial charge is 0.328 e. The number of rotatable bonds is 5. The third kappa shape index (κ3) is 4.39. The zero-order valence-electron chi connectivity index (χ0n) is 11.8. The Balaban J connectivity index is 1.92. The fourth-order valence-electron chi connectivity index (χ4n) is 2.35. The van der Waals surface area contributed by atoms with Gasteiger partial charge in [0.05, 0.1) is 6.10 Å². The molecular weight excluding hydrogens is 272 g/mol. The van der Waals surface area contributed by atoms with Crippen LogP contribution in [0.3, 0.4) is 0 Å². The quantitative estimate of drug-likeness (QED) is 0.802. The third-order valence-corrected chi connectivity index (χ3v) is 3.49. The monoisotopic (exact) mass is 290 g/mol. The zero-order valence-corrected chi connectivity index (χ0v) is 11.8. The second kappa shape index (κ2) is 6.99. The fourth-order valence-corrected chi connectivity index (χ4v) is 2.35. The summed E-state index contributed by atoms with van der Waals surface area (Å²) in [5, 5.41) is 11.5. The van der Waals surface area contributed by atoms with Crippen LogP contribution in [0.1, 0.15) is 35.3 Å². The van der Waals surface area contributed by atoms with Crippen molar-refractivity contribution in [3.8, 4) is 0 Å². The van der Waals surface area contributed by atoms with Crippen molar-refractivity contribution in [2.24, 2.45) is 0 Å². The van der Waals surface area contributed by atoms with Gasteiger partial charge < -0.3 is 15.2 Å². The first-order valence-electron chi connectivity index (χ1n) is 6.79. The van der Waals surface area contributed by atoms with Gasteiger partial charge in [-0.15, -0.1) is 0 Å². The highest BCUT2D eigenvalue weighted by atomic mass is 16.5. The van der Waals surface area contributed by atoms with Crippen LogP contribution >= 0.6 is 0 Å². The maximum absolute atomic E-state index is 12.0. The van der Waals surface area contributed by atoms with Crippen LogP contribution in [0.5, 0.6) is 0 Å². The summed E-state index contributed by atoms with van der Waals surface area (Å²) in [6, 6.07) is 3.36. The van der Waals surface area contributed by atoms with Crippen molar-refractivity contribution in [1.29, 1.82) is 0 Å². The van der Waals surface area contributed by atoms with E-state index in [1.807, 2.05) is 0 Å². The highest BCUT2D eigenvalue weighted by molar-refractivity contribution is 5.92. The Kier molecular flexibility index (Phi) is 5.05. The largest absolute Gasteiger partial charge is 0.478 e. The fraction of sp³-hybridized carbons (Fsp3) is 0.400. The number of amides is 1. The van der Waals surface area contributed by atoms with Gasteiger partial charge in [-0.25, -0.2) is 4.79 Å². The van der Waals surface area contributed by atoms with E-state index in [4.69, 9.17) is 9.84 Å². The van der Waals surface area contributed by atoms with Crippen LogP contribution in [0.25, 0.3) is 6.08 Å². The molecule has 0 radical (unpaired) electrons. The Morgan fingerprint density at radius 2 is 2.24 bits per heavy atom. The van der Waals surface area contributed by atoms with E-state index in [0.717, 1.165) is 25.3 Å². The zero-order chi connectivity index (χ0) is 15.2.